The molecule has 8 nitrogen and oxygen atoms in total. The van der Waals surface area contributed by atoms with Gasteiger partial charge in [-0.05, 0) is 47.6 Å². The Morgan fingerprint density at radius 3 is 2.73 bits per heavy atom. The predicted molar refractivity (Wildman–Crippen MR) is 111 cm³/mol. The quantitative estimate of drug-likeness (QED) is 0.595. The zero-order valence-electron chi connectivity index (χ0n) is 16.6. The maximum Gasteiger partial charge on any atom is 0.290 e. The zero-order valence-corrected chi connectivity index (χ0v) is 17.4. The Bertz CT molecular complexity index is 862. The second-order valence-electron chi connectivity index (χ2n) is 6.77. The number of amides is 2. The lowest BCUT2D eigenvalue weighted by Gasteiger charge is -2.18. The lowest BCUT2D eigenvalue weighted by atomic mass is 10.1. The number of anilines is 1. The minimum absolute atomic E-state index is 0.114. The van der Waals surface area contributed by atoms with Crippen molar-refractivity contribution in [1.82, 2.24) is 10.2 Å². The van der Waals surface area contributed by atoms with Gasteiger partial charge in [-0.2, -0.15) is 11.3 Å². The third-order valence-electron chi connectivity index (χ3n) is 4.46. The van der Waals surface area contributed by atoms with Gasteiger partial charge in [-0.15, -0.1) is 0 Å². The third-order valence-corrected chi connectivity index (χ3v) is 5.19. The SMILES string of the molecule is CO[C@H]1CN(C)C[C@@H]1NC(=O)c1cc(F)cc(NC(=O)Cc2ccsc2)c1.O=CO. The van der Waals surface area contributed by atoms with Gasteiger partial charge in [0.1, 0.15) is 5.82 Å². The molecule has 0 radical (unpaired) electrons. The Morgan fingerprint density at radius 2 is 2.10 bits per heavy atom. The molecule has 30 heavy (non-hydrogen) atoms. The van der Waals surface area contributed by atoms with Crippen molar-refractivity contribution >= 4 is 35.3 Å². The fraction of sp³-hybridized carbons (Fsp3) is 0.350. The first-order valence-corrected chi connectivity index (χ1v) is 10.0. The fourth-order valence-electron chi connectivity index (χ4n) is 3.17. The molecule has 1 fully saturated rings. The number of methoxy groups -OCH3 is 1. The van der Waals surface area contributed by atoms with E-state index in [4.69, 9.17) is 14.6 Å². The normalized spacial score (nSPS) is 18.2. The molecule has 0 saturated carbocycles. The number of hydrogen-bond acceptors (Lipinski definition) is 6. The molecular weight excluding hydrogens is 413 g/mol. The lowest BCUT2D eigenvalue weighted by molar-refractivity contribution is -0.123. The summed E-state index contributed by atoms with van der Waals surface area (Å²) in [7, 11) is 3.55. The number of thiophene rings is 1. The summed E-state index contributed by atoms with van der Waals surface area (Å²) in [6.45, 7) is 1.12. The minimum Gasteiger partial charge on any atom is -0.483 e. The Labute approximate surface area is 177 Å². The molecule has 0 aliphatic carbocycles. The number of carboxylic acid groups (broad SMARTS) is 1. The molecule has 1 aliphatic heterocycles. The number of carbonyl (C=O) groups is 3. The number of likely N-dealkylation sites (N-methyl/N-ethyl adjacent to an activating group) is 1. The van der Waals surface area contributed by atoms with Crippen LogP contribution in [0.2, 0.25) is 0 Å². The average molecular weight is 437 g/mol. The standard InChI is InChI=1S/C19H22FN3O3S.CH2O2/c1-23-9-16(17(10-23)26-2)22-19(25)13-6-14(20)8-15(7-13)21-18(24)5-12-3-4-27-11-12;2-1-3/h3-4,6-8,11,16-17H,5,9-10H2,1-2H3,(H,21,24)(H,22,25);1H,(H,2,3)/t16-,17-;/m0./s1. The average Bonchev–Trinajstić information content (AvgIpc) is 3.30. The van der Waals surface area contributed by atoms with E-state index in [0.29, 0.717) is 13.1 Å². The van der Waals surface area contributed by atoms with Crippen molar-refractivity contribution in [2.75, 3.05) is 32.6 Å². The predicted octanol–water partition coefficient (Wildman–Crippen LogP) is 1.83. The van der Waals surface area contributed by atoms with Crippen LogP contribution in [0.1, 0.15) is 15.9 Å². The highest BCUT2D eigenvalue weighted by Crippen LogP contribution is 2.17. The molecule has 0 spiro atoms. The van der Waals surface area contributed by atoms with Crippen LogP contribution in [0.3, 0.4) is 0 Å². The van der Waals surface area contributed by atoms with Gasteiger partial charge in [-0.1, -0.05) is 0 Å². The minimum atomic E-state index is -0.583. The smallest absolute Gasteiger partial charge is 0.290 e. The number of likely N-dealkylation sites (tertiary alicyclic amines) is 1. The number of halogens is 1. The van der Waals surface area contributed by atoms with Gasteiger partial charge in [0.05, 0.1) is 18.6 Å². The summed E-state index contributed by atoms with van der Waals surface area (Å²) in [4.78, 5) is 35.1. The number of nitrogens with zero attached hydrogens (tertiary/aromatic N) is 1. The van der Waals surface area contributed by atoms with Crippen LogP contribution >= 0.6 is 11.3 Å². The van der Waals surface area contributed by atoms with E-state index in [1.165, 1.54) is 23.5 Å². The number of carbonyl (C=O) groups excluding carboxylic acids is 2. The molecule has 2 aromatic rings. The van der Waals surface area contributed by atoms with E-state index in [0.717, 1.165) is 11.6 Å². The van der Waals surface area contributed by atoms with Crippen molar-refractivity contribution in [1.29, 1.82) is 0 Å². The van der Waals surface area contributed by atoms with Crippen LogP contribution in [0.4, 0.5) is 10.1 Å². The van der Waals surface area contributed by atoms with Crippen LogP contribution in [0.15, 0.2) is 35.0 Å². The Balaban J connectivity index is 0.00000101. The molecule has 1 aromatic carbocycles. The fourth-order valence-corrected chi connectivity index (χ4v) is 3.84. The first-order valence-electron chi connectivity index (χ1n) is 9.07. The topological polar surface area (TPSA) is 108 Å². The largest absolute Gasteiger partial charge is 0.483 e. The van der Waals surface area contributed by atoms with Crippen molar-refractivity contribution in [3.05, 3.63) is 52.0 Å². The maximum atomic E-state index is 14.0. The molecule has 10 heteroatoms. The monoisotopic (exact) mass is 437 g/mol. The second-order valence-corrected chi connectivity index (χ2v) is 7.55. The highest BCUT2D eigenvalue weighted by atomic mass is 32.1. The van der Waals surface area contributed by atoms with Crippen molar-refractivity contribution in [2.24, 2.45) is 0 Å². The van der Waals surface area contributed by atoms with Gasteiger partial charge in [-0.25, -0.2) is 4.39 Å². The summed E-state index contributed by atoms with van der Waals surface area (Å²) >= 11 is 1.51. The Hall–Kier alpha value is -2.82. The van der Waals surface area contributed by atoms with Crippen LogP contribution in [0.5, 0.6) is 0 Å². The summed E-state index contributed by atoms with van der Waals surface area (Å²) in [6, 6.07) is 5.52. The molecule has 3 N–H and O–H groups in total. The molecule has 1 saturated heterocycles. The van der Waals surface area contributed by atoms with Crippen molar-refractivity contribution in [2.45, 2.75) is 18.6 Å². The molecule has 1 aromatic heterocycles. The Morgan fingerprint density at radius 1 is 1.37 bits per heavy atom. The maximum absolute atomic E-state index is 14.0. The van der Waals surface area contributed by atoms with E-state index in [2.05, 4.69) is 15.5 Å². The first kappa shape index (κ1) is 23.5. The summed E-state index contributed by atoms with van der Waals surface area (Å²) < 4.78 is 19.4. The van der Waals surface area contributed by atoms with Gasteiger partial charge in [0, 0.05) is 31.5 Å². The van der Waals surface area contributed by atoms with Crippen molar-refractivity contribution in [3.8, 4) is 0 Å². The molecule has 162 valence electrons. The van der Waals surface area contributed by atoms with Crippen molar-refractivity contribution < 1.29 is 28.6 Å². The summed E-state index contributed by atoms with van der Waals surface area (Å²) in [5.74, 6) is -1.24. The molecule has 3 rings (SSSR count). The van der Waals surface area contributed by atoms with Gasteiger partial charge in [0.15, 0.2) is 0 Å². The number of hydrogen-bond donors (Lipinski definition) is 3. The third kappa shape index (κ3) is 6.90. The Kier molecular flexibility index (Phi) is 8.90. The summed E-state index contributed by atoms with van der Waals surface area (Å²) in [5.41, 5.74) is 1.31. The number of rotatable bonds is 6. The first-order chi connectivity index (χ1) is 14.4. The van der Waals surface area contributed by atoms with Crippen LogP contribution in [-0.4, -0.2) is 67.7 Å². The zero-order chi connectivity index (χ0) is 22.1. The molecule has 0 bridgehead atoms. The van der Waals surface area contributed by atoms with E-state index in [9.17, 15) is 14.0 Å². The van der Waals surface area contributed by atoms with Crippen LogP contribution in [0.25, 0.3) is 0 Å². The summed E-state index contributed by atoms with van der Waals surface area (Å²) in [6.07, 6.45) is 0.0863. The lowest BCUT2D eigenvalue weighted by Crippen LogP contribution is -2.43. The van der Waals surface area contributed by atoms with Crippen LogP contribution in [-0.2, 0) is 20.7 Å². The molecule has 1 aliphatic rings. The molecule has 2 atom stereocenters. The van der Waals surface area contributed by atoms with E-state index in [1.54, 1.807) is 7.11 Å². The highest BCUT2D eigenvalue weighted by molar-refractivity contribution is 7.08. The van der Waals surface area contributed by atoms with Gasteiger partial charge in [0.25, 0.3) is 12.4 Å². The van der Waals surface area contributed by atoms with Gasteiger partial charge in [0.2, 0.25) is 5.91 Å². The summed E-state index contributed by atoms with van der Waals surface area (Å²) in [5, 5.41) is 16.2. The van der Waals surface area contributed by atoms with Gasteiger partial charge in [-0.3, -0.25) is 14.4 Å². The highest BCUT2D eigenvalue weighted by Gasteiger charge is 2.32. The molecule has 2 amide bonds. The van der Waals surface area contributed by atoms with E-state index >= 15 is 0 Å². The van der Waals surface area contributed by atoms with Gasteiger partial charge >= 0.3 is 0 Å². The van der Waals surface area contributed by atoms with E-state index in [1.807, 2.05) is 23.9 Å². The molecule has 2 heterocycles. The molecular formula is C20H24FN3O5S. The number of ether oxygens (including phenoxy) is 1. The number of benzene rings is 1. The van der Waals surface area contributed by atoms with Crippen molar-refractivity contribution in [3.63, 3.8) is 0 Å². The molecule has 0 unspecified atom stereocenters. The second kappa shape index (κ2) is 11.4. The van der Waals surface area contributed by atoms with E-state index < -0.39 is 11.7 Å². The van der Waals surface area contributed by atoms with E-state index in [-0.39, 0.29) is 42.2 Å². The van der Waals surface area contributed by atoms with Crippen LogP contribution in [0, 0.1) is 5.82 Å². The van der Waals surface area contributed by atoms with Gasteiger partial charge < -0.3 is 25.4 Å². The van der Waals surface area contributed by atoms with Crippen LogP contribution < -0.4 is 10.6 Å². The number of nitrogens with one attached hydrogen (secondary N) is 2.